The Morgan fingerprint density at radius 1 is 1.54 bits per heavy atom. The van der Waals surface area contributed by atoms with E-state index in [1.807, 2.05) is 0 Å². The fourth-order valence-corrected chi connectivity index (χ4v) is 3.04. The molecule has 1 heterocycles. The molecule has 2 rings (SSSR count). The predicted octanol–water partition coefficient (Wildman–Crippen LogP) is 0.795. The zero-order chi connectivity index (χ0) is 9.47. The maximum Gasteiger partial charge on any atom is 0.310 e. The summed E-state index contributed by atoms with van der Waals surface area (Å²) in [5.41, 5.74) is 0.243. The molecule has 3 heteroatoms. The molecule has 1 aliphatic carbocycles. The monoisotopic (exact) mass is 183 g/mol. The number of ether oxygens (including phenoxy) is 1. The highest BCUT2D eigenvalue weighted by Gasteiger charge is 2.53. The lowest BCUT2D eigenvalue weighted by Gasteiger charge is -2.46. The van der Waals surface area contributed by atoms with Gasteiger partial charge < -0.3 is 10.1 Å². The summed E-state index contributed by atoms with van der Waals surface area (Å²) in [6.45, 7) is 4.05. The van der Waals surface area contributed by atoms with Crippen molar-refractivity contribution < 1.29 is 9.53 Å². The van der Waals surface area contributed by atoms with E-state index in [9.17, 15) is 4.79 Å². The summed E-state index contributed by atoms with van der Waals surface area (Å²) in [5.74, 6) is 0.859. The standard InChI is InChI=1S/C10H17NO2/c1-7-3-10(4-7)6-11-5-8(10)9(12)13-2/h7-8,11H,3-6H2,1-2H3. The van der Waals surface area contributed by atoms with Gasteiger partial charge in [-0.15, -0.1) is 0 Å². The highest BCUT2D eigenvalue weighted by Crippen LogP contribution is 2.52. The number of carbonyl (C=O) groups excluding carboxylic acids is 1. The summed E-state index contributed by atoms with van der Waals surface area (Å²) >= 11 is 0. The molecule has 0 radical (unpaired) electrons. The van der Waals surface area contributed by atoms with Crippen molar-refractivity contribution in [3.8, 4) is 0 Å². The Balaban J connectivity index is 2.07. The number of hydrogen-bond acceptors (Lipinski definition) is 3. The van der Waals surface area contributed by atoms with Gasteiger partial charge in [-0.05, 0) is 24.2 Å². The molecule has 1 spiro atoms. The van der Waals surface area contributed by atoms with Crippen LogP contribution in [-0.2, 0) is 9.53 Å². The van der Waals surface area contributed by atoms with E-state index in [4.69, 9.17) is 4.74 Å². The van der Waals surface area contributed by atoms with Crippen molar-refractivity contribution in [2.45, 2.75) is 19.8 Å². The minimum absolute atomic E-state index is 0.0306. The zero-order valence-corrected chi connectivity index (χ0v) is 8.30. The average Bonchev–Trinajstić information content (AvgIpc) is 2.47. The average molecular weight is 183 g/mol. The molecule has 1 saturated heterocycles. The molecule has 0 aromatic carbocycles. The Labute approximate surface area is 78.8 Å². The summed E-state index contributed by atoms with van der Waals surface area (Å²) in [5, 5.41) is 3.30. The van der Waals surface area contributed by atoms with Crippen LogP contribution in [0.5, 0.6) is 0 Å². The number of carbonyl (C=O) groups is 1. The molecule has 0 bridgehead atoms. The van der Waals surface area contributed by atoms with Crippen molar-refractivity contribution in [1.29, 1.82) is 0 Å². The van der Waals surface area contributed by atoms with Gasteiger partial charge in [0.1, 0.15) is 0 Å². The van der Waals surface area contributed by atoms with Crippen LogP contribution in [0.2, 0.25) is 0 Å². The van der Waals surface area contributed by atoms with Crippen LogP contribution in [0.3, 0.4) is 0 Å². The van der Waals surface area contributed by atoms with E-state index in [0.29, 0.717) is 0 Å². The fraction of sp³-hybridized carbons (Fsp3) is 0.900. The maximum atomic E-state index is 11.5. The summed E-state index contributed by atoms with van der Waals surface area (Å²) in [6, 6.07) is 0. The first-order chi connectivity index (χ1) is 6.18. The molecular weight excluding hydrogens is 166 g/mol. The van der Waals surface area contributed by atoms with Gasteiger partial charge in [-0.3, -0.25) is 4.79 Å². The van der Waals surface area contributed by atoms with Crippen LogP contribution in [0, 0.1) is 17.3 Å². The topological polar surface area (TPSA) is 38.3 Å². The third-order valence-corrected chi connectivity index (χ3v) is 3.56. The molecule has 1 saturated carbocycles. The molecule has 1 unspecified atom stereocenters. The van der Waals surface area contributed by atoms with Gasteiger partial charge in [-0.25, -0.2) is 0 Å². The van der Waals surface area contributed by atoms with Crippen LogP contribution in [0.4, 0.5) is 0 Å². The number of rotatable bonds is 1. The Bertz CT molecular complexity index is 221. The molecule has 1 aliphatic heterocycles. The third-order valence-electron chi connectivity index (χ3n) is 3.56. The molecule has 2 aliphatic rings. The van der Waals surface area contributed by atoms with Crippen molar-refractivity contribution in [2.24, 2.45) is 17.3 Å². The lowest BCUT2D eigenvalue weighted by Crippen LogP contribution is -2.45. The van der Waals surface area contributed by atoms with Crippen LogP contribution in [-0.4, -0.2) is 26.2 Å². The van der Waals surface area contributed by atoms with Crippen LogP contribution < -0.4 is 5.32 Å². The van der Waals surface area contributed by atoms with E-state index >= 15 is 0 Å². The van der Waals surface area contributed by atoms with E-state index in [0.717, 1.165) is 19.0 Å². The van der Waals surface area contributed by atoms with Crippen molar-refractivity contribution in [1.82, 2.24) is 5.32 Å². The van der Waals surface area contributed by atoms with Crippen LogP contribution in [0.1, 0.15) is 19.8 Å². The second kappa shape index (κ2) is 2.98. The lowest BCUT2D eigenvalue weighted by atomic mass is 9.58. The molecule has 1 atom stereocenters. The second-order valence-electron chi connectivity index (χ2n) is 4.58. The smallest absolute Gasteiger partial charge is 0.310 e. The van der Waals surface area contributed by atoms with Gasteiger partial charge in [0.05, 0.1) is 13.0 Å². The number of esters is 1. The Morgan fingerprint density at radius 3 is 2.77 bits per heavy atom. The van der Waals surface area contributed by atoms with Crippen LogP contribution in [0.25, 0.3) is 0 Å². The Morgan fingerprint density at radius 2 is 2.23 bits per heavy atom. The lowest BCUT2D eigenvalue weighted by molar-refractivity contribution is -0.151. The van der Waals surface area contributed by atoms with Crippen molar-refractivity contribution in [3.63, 3.8) is 0 Å². The van der Waals surface area contributed by atoms with Crippen molar-refractivity contribution in [3.05, 3.63) is 0 Å². The molecule has 0 amide bonds. The first kappa shape index (κ1) is 9.00. The van der Waals surface area contributed by atoms with Gasteiger partial charge in [-0.1, -0.05) is 6.92 Å². The van der Waals surface area contributed by atoms with E-state index in [-0.39, 0.29) is 17.3 Å². The summed E-state index contributed by atoms with van der Waals surface area (Å²) < 4.78 is 4.82. The molecule has 1 N–H and O–H groups in total. The third kappa shape index (κ3) is 1.26. The van der Waals surface area contributed by atoms with Gasteiger partial charge in [0.15, 0.2) is 0 Å². The highest BCUT2D eigenvalue weighted by molar-refractivity contribution is 5.74. The van der Waals surface area contributed by atoms with E-state index in [2.05, 4.69) is 12.2 Å². The number of nitrogens with one attached hydrogen (secondary N) is 1. The quantitative estimate of drug-likeness (QED) is 0.611. The van der Waals surface area contributed by atoms with Gasteiger partial charge in [0.25, 0.3) is 0 Å². The maximum absolute atomic E-state index is 11.5. The van der Waals surface area contributed by atoms with E-state index in [1.165, 1.54) is 20.0 Å². The molecular formula is C10H17NO2. The second-order valence-corrected chi connectivity index (χ2v) is 4.58. The normalized spacial score (nSPS) is 43.2. The SMILES string of the molecule is COC(=O)C1CNCC12CC(C)C2. The molecule has 0 aromatic rings. The largest absolute Gasteiger partial charge is 0.469 e. The molecule has 74 valence electrons. The number of methoxy groups -OCH3 is 1. The van der Waals surface area contributed by atoms with Gasteiger partial charge >= 0.3 is 5.97 Å². The highest BCUT2D eigenvalue weighted by atomic mass is 16.5. The van der Waals surface area contributed by atoms with E-state index in [1.54, 1.807) is 0 Å². The van der Waals surface area contributed by atoms with Gasteiger partial charge in [-0.2, -0.15) is 0 Å². The summed E-state index contributed by atoms with van der Waals surface area (Å²) in [7, 11) is 1.48. The first-order valence-electron chi connectivity index (χ1n) is 4.96. The summed E-state index contributed by atoms with van der Waals surface area (Å²) in [6.07, 6.45) is 2.36. The van der Waals surface area contributed by atoms with Crippen molar-refractivity contribution in [2.75, 3.05) is 20.2 Å². The zero-order valence-electron chi connectivity index (χ0n) is 8.30. The first-order valence-corrected chi connectivity index (χ1v) is 4.96. The minimum Gasteiger partial charge on any atom is -0.469 e. The molecule has 3 nitrogen and oxygen atoms in total. The molecule has 0 aromatic heterocycles. The summed E-state index contributed by atoms with van der Waals surface area (Å²) in [4.78, 5) is 11.5. The fourth-order valence-electron chi connectivity index (χ4n) is 3.04. The van der Waals surface area contributed by atoms with Crippen LogP contribution >= 0.6 is 0 Å². The minimum atomic E-state index is -0.0306. The Kier molecular flexibility index (Phi) is 2.06. The predicted molar refractivity (Wildman–Crippen MR) is 49.2 cm³/mol. The van der Waals surface area contributed by atoms with Gasteiger partial charge in [0, 0.05) is 13.1 Å². The Hall–Kier alpha value is -0.570. The van der Waals surface area contributed by atoms with E-state index < -0.39 is 0 Å². The molecule has 13 heavy (non-hydrogen) atoms. The van der Waals surface area contributed by atoms with Crippen molar-refractivity contribution >= 4 is 5.97 Å². The molecule has 2 fully saturated rings. The van der Waals surface area contributed by atoms with Gasteiger partial charge in [0.2, 0.25) is 0 Å². The number of hydrogen-bond donors (Lipinski definition) is 1. The van der Waals surface area contributed by atoms with Crippen LogP contribution in [0.15, 0.2) is 0 Å².